The van der Waals surface area contributed by atoms with Crippen LogP contribution in [-0.4, -0.2) is 42.6 Å². The Morgan fingerprint density at radius 3 is 2.43 bits per heavy atom. The zero-order valence-corrected chi connectivity index (χ0v) is 12.4. The van der Waals surface area contributed by atoms with E-state index in [-0.39, 0.29) is 0 Å². The highest BCUT2D eigenvalue weighted by molar-refractivity contribution is 5.66. The van der Waals surface area contributed by atoms with Crippen molar-refractivity contribution >= 4 is 5.69 Å². The van der Waals surface area contributed by atoms with Gasteiger partial charge in [-0.15, -0.1) is 0 Å². The average Bonchev–Trinajstić information content (AvgIpc) is 3.07. The number of likely N-dealkylation sites (N-methyl/N-ethyl adjacent to an activating group) is 1. The second-order valence-corrected chi connectivity index (χ2v) is 6.31. The molecular formula is C18H21N3. The number of pyridine rings is 1. The molecule has 108 valence electrons. The Morgan fingerprint density at radius 1 is 0.952 bits per heavy atom. The third-order valence-corrected chi connectivity index (χ3v) is 4.94. The summed E-state index contributed by atoms with van der Waals surface area (Å²) in [6.07, 6.45) is 5.03. The monoisotopic (exact) mass is 279 g/mol. The topological polar surface area (TPSA) is 19.4 Å². The number of benzene rings is 1. The molecule has 1 aromatic carbocycles. The fourth-order valence-corrected chi connectivity index (χ4v) is 3.88. The third-order valence-electron chi connectivity index (χ3n) is 4.94. The average molecular weight is 279 g/mol. The van der Waals surface area contributed by atoms with Crippen molar-refractivity contribution in [1.29, 1.82) is 0 Å². The van der Waals surface area contributed by atoms with Crippen LogP contribution in [0.5, 0.6) is 0 Å². The van der Waals surface area contributed by atoms with Gasteiger partial charge in [-0.2, -0.15) is 0 Å². The van der Waals surface area contributed by atoms with E-state index in [9.17, 15) is 0 Å². The van der Waals surface area contributed by atoms with Gasteiger partial charge >= 0.3 is 0 Å². The first-order chi connectivity index (χ1) is 10.3. The van der Waals surface area contributed by atoms with Gasteiger partial charge in [-0.1, -0.05) is 12.1 Å². The molecule has 0 spiro atoms. The van der Waals surface area contributed by atoms with Crippen LogP contribution in [0.25, 0.3) is 11.1 Å². The SMILES string of the molecule is CN1C[C@H]2CCN(c3ccc(-c4ccncc4)cc3)[C@H]2C1. The van der Waals surface area contributed by atoms with E-state index in [0.717, 1.165) is 5.92 Å². The van der Waals surface area contributed by atoms with Crippen molar-refractivity contribution in [1.82, 2.24) is 9.88 Å². The van der Waals surface area contributed by atoms with Gasteiger partial charge in [0.15, 0.2) is 0 Å². The number of aromatic nitrogens is 1. The number of nitrogens with zero attached hydrogens (tertiary/aromatic N) is 3. The lowest BCUT2D eigenvalue weighted by Gasteiger charge is -2.26. The van der Waals surface area contributed by atoms with Gasteiger partial charge in [-0.25, -0.2) is 0 Å². The molecule has 3 heteroatoms. The summed E-state index contributed by atoms with van der Waals surface area (Å²) >= 11 is 0. The highest BCUT2D eigenvalue weighted by Gasteiger charge is 2.39. The van der Waals surface area contributed by atoms with Gasteiger partial charge in [-0.3, -0.25) is 4.98 Å². The summed E-state index contributed by atoms with van der Waals surface area (Å²) in [5.41, 5.74) is 3.87. The maximum atomic E-state index is 4.08. The van der Waals surface area contributed by atoms with Crippen molar-refractivity contribution in [2.75, 3.05) is 31.6 Å². The Kier molecular flexibility index (Phi) is 3.15. The molecule has 3 heterocycles. The van der Waals surface area contributed by atoms with Crippen molar-refractivity contribution in [3.63, 3.8) is 0 Å². The second kappa shape index (κ2) is 5.15. The maximum Gasteiger partial charge on any atom is 0.0457 e. The van der Waals surface area contributed by atoms with E-state index in [4.69, 9.17) is 0 Å². The Morgan fingerprint density at radius 2 is 1.67 bits per heavy atom. The van der Waals surface area contributed by atoms with Crippen molar-refractivity contribution in [2.24, 2.45) is 5.92 Å². The van der Waals surface area contributed by atoms with Crippen LogP contribution in [0, 0.1) is 5.92 Å². The maximum absolute atomic E-state index is 4.08. The molecule has 2 saturated heterocycles. The molecule has 2 fully saturated rings. The van der Waals surface area contributed by atoms with E-state index in [1.807, 2.05) is 12.4 Å². The van der Waals surface area contributed by atoms with Crippen molar-refractivity contribution in [3.8, 4) is 11.1 Å². The molecule has 2 aromatic rings. The summed E-state index contributed by atoms with van der Waals surface area (Å²) in [5.74, 6) is 0.856. The van der Waals surface area contributed by atoms with E-state index < -0.39 is 0 Å². The minimum absolute atomic E-state index is 0.710. The van der Waals surface area contributed by atoms with E-state index in [1.165, 1.54) is 42.9 Å². The van der Waals surface area contributed by atoms with Crippen LogP contribution in [0.4, 0.5) is 5.69 Å². The van der Waals surface area contributed by atoms with Crippen LogP contribution < -0.4 is 4.90 Å². The number of likely N-dealkylation sites (tertiary alicyclic amines) is 1. The first-order valence-electron chi connectivity index (χ1n) is 7.77. The second-order valence-electron chi connectivity index (χ2n) is 6.31. The lowest BCUT2D eigenvalue weighted by atomic mass is 10.0. The number of hydrogen-bond donors (Lipinski definition) is 0. The van der Waals surface area contributed by atoms with Gasteiger partial charge in [0.1, 0.15) is 0 Å². The smallest absolute Gasteiger partial charge is 0.0457 e. The zero-order valence-electron chi connectivity index (χ0n) is 12.4. The molecule has 0 aliphatic carbocycles. The van der Waals surface area contributed by atoms with E-state index in [2.05, 4.69) is 58.2 Å². The molecule has 0 N–H and O–H groups in total. The molecule has 2 aliphatic heterocycles. The third kappa shape index (κ3) is 2.32. The fraction of sp³-hybridized carbons (Fsp3) is 0.389. The van der Waals surface area contributed by atoms with Gasteiger partial charge in [-0.05, 0) is 54.8 Å². The predicted octanol–water partition coefficient (Wildman–Crippen LogP) is 2.89. The summed E-state index contributed by atoms with van der Waals surface area (Å²) in [4.78, 5) is 9.15. The van der Waals surface area contributed by atoms with Crippen LogP contribution >= 0.6 is 0 Å². The lowest BCUT2D eigenvalue weighted by Crippen LogP contribution is -2.34. The Bertz CT molecular complexity index is 608. The van der Waals surface area contributed by atoms with Gasteiger partial charge < -0.3 is 9.80 Å². The molecule has 2 aliphatic rings. The Balaban J connectivity index is 1.57. The van der Waals surface area contributed by atoms with Crippen molar-refractivity contribution in [3.05, 3.63) is 48.8 Å². The van der Waals surface area contributed by atoms with Gasteiger partial charge in [0.25, 0.3) is 0 Å². The largest absolute Gasteiger partial charge is 0.367 e. The highest BCUT2D eigenvalue weighted by atomic mass is 15.3. The van der Waals surface area contributed by atoms with Crippen LogP contribution in [0.15, 0.2) is 48.8 Å². The molecule has 0 bridgehead atoms. The quantitative estimate of drug-likeness (QED) is 0.842. The molecule has 0 unspecified atom stereocenters. The molecule has 3 nitrogen and oxygen atoms in total. The summed E-state index contributed by atoms with van der Waals surface area (Å²) < 4.78 is 0. The van der Waals surface area contributed by atoms with Crippen LogP contribution in [-0.2, 0) is 0 Å². The Hall–Kier alpha value is -1.87. The van der Waals surface area contributed by atoms with Crippen molar-refractivity contribution < 1.29 is 0 Å². The molecule has 1 aromatic heterocycles. The van der Waals surface area contributed by atoms with Crippen molar-refractivity contribution in [2.45, 2.75) is 12.5 Å². The van der Waals surface area contributed by atoms with Gasteiger partial charge in [0.2, 0.25) is 0 Å². The van der Waals surface area contributed by atoms with Crippen LogP contribution in [0.3, 0.4) is 0 Å². The van der Waals surface area contributed by atoms with Gasteiger partial charge in [0, 0.05) is 43.8 Å². The summed E-state index contributed by atoms with van der Waals surface area (Å²) in [6, 6.07) is 13.8. The standard InChI is InChI=1S/C18H21N3/c1-20-12-16-8-11-21(18(16)13-20)17-4-2-14(3-5-17)15-6-9-19-10-7-15/h2-7,9-10,16,18H,8,11-13H2,1H3/t16-,18+/m1/s1. The molecule has 0 saturated carbocycles. The predicted molar refractivity (Wildman–Crippen MR) is 86.4 cm³/mol. The van der Waals surface area contributed by atoms with E-state index in [0.29, 0.717) is 6.04 Å². The zero-order chi connectivity index (χ0) is 14.2. The van der Waals surface area contributed by atoms with E-state index in [1.54, 1.807) is 0 Å². The number of hydrogen-bond acceptors (Lipinski definition) is 3. The minimum atomic E-state index is 0.710. The summed E-state index contributed by atoms with van der Waals surface area (Å²) in [5, 5.41) is 0. The molecule has 4 rings (SSSR count). The van der Waals surface area contributed by atoms with Crippen LogP contribution in [0.2, 0.25) is 0 Å². The van der Waals surface area contributed by atoms with Crippen LogP contribution in [0.1, 0.15) is 6.42 Å². The first-order valence-corrected chi connectivity index (χ1v) is 7.77. The normalized spacial score (nSPS) is 25.3. The molecule has 0 amide bonds. The highest BCUT2D eigenvalue weighted by Crippen LogP contribution is 2.35. The lowest BCUT2D eigenvalue weighted by molar-refractivity contribution is 0.386. The first kappa shape index (κ1) is 12.8. The fourth-order valence-electron chi connectivity index (χ4n) is 3.88. The molecule has 2 atom stereocenters. The molecular weight excluding hydrogens is 258 g/mol. The number of rotatable bonds is 2. The molecule has 21 heavy (non-hydrogen) atoms. The number of anilines is 1. The minimum Gasteiger partial charge on any atom is -0.367 e. The summed E-state index contributed by atoms with van der Waals surface area (Å²) in [6.45, 7) is 3.67. The molecule has 0 radical (unpaired) electrons. The number of fused-ring (bicyclic) bond motifs is 1. The van der Waals surface area contributed by atoms with E-state index >= 15 is 0 Å². The summed E-state index contributed by atoms with van der Waals surface area (Å²) in [7, 11) is 2.24. The van der Waals surface area contributed by atoms with Gasteiger partial charge in [0.05, 0.1) is 0 Å². The Labute approximate surface area is 126 Å².